The third-order valence-electron chi connectivity index (χ3n) is 2.38. The second-order valence-corrected chi connectivity index (χ2v) is 5.05. The summed E-state index contributed by atoms with van der Waals surface area (Å²) >= 11 is 1.78. The summed E-state index contributed by atoms with van der Waals surface area (Å²) in [7, 11) is 2.08. The standard InChI is InChI=1S/C11H17N5S/c1-15(9-11-3-2-6-17-11)7-10-8-16(5-4-12)14-13-10/h2-3,6,8H,4-5,7,9,12H2,1H3. The number of thiophene rings is 1. The molecule has 0 fully saturated rings. The molecule has 2 heterocycles. The van der Waals surface area contributed by atoms with Crippen LogP contribution >= 0.6 is 11.3 Å². The fourth-order valence-electron chi connectivity index (χ4n) is 1.65. The van der Waals surface area contributed by atoms with Crippen molar-refractivity contribution in [2.45, 2.75) is 19.6 Å². The van der Waals surface area contributed by atoms with E-state index in [1.165, 1.54) is 4.88 Å². The van der Waals surface area contributed by atoms with Crippen LogP contribution in [0.15, 0.2) is 23.7 Å². The Morgan fingerprint density at radius 2 is 2.35 bits per heavy atom. The lowest BCUT2D eigenvalue weighted by Crippen LogP contribution is -2.16. The van der Waals surface area contributed by atoms with Crippen molar-refractivity contribution in [2.75, 3.05) is 13.6 Å². The van der Waals surface area contributed by atoms with E-state index in [0.29, 0.717) is 6.54 Å². The fraction of sp³-hybridized carbons (Fsp3) is 0.455. The van der Waals surface area contributed by atoms with E-state index in [1.54, 1.807) is 16.0 Å². The van der Waals surface area contributed by atoms with E-state index < -0.39 is 0 Å². The van der Waals surface area contributed by atoms with Crippen molar-refractivity contribution in [1.29, 1.82) is 0 Å². The molecular formula is C11H17N5S. The number of nitrogens with zero attached hydrogens (tertiary/aromatic N) is 4. The molecule has 2 N–H and O–H groups in total. The highest BCUT2D eigenvalue weighted by Crippen LogP contribution is 2.12. The highest BCUT2D eigenvalue weighted by atomic mass is 32.1. The molecule has 2 aromatic rings. The molecule has 0 bridgehead atoms. The van der Waals surface area contributed by atoms with Gasteiger partial charge in [-0.1, -0.05) is 11.3 Å². The molecular weight excluding hydrogens is 234 g/mol. The van der Waals surface area contributed by atoms with Gasteiger partial charge in [-0.2, -0.15) is 0 Å². The monoisotopic (exact) mass is 251 g/mol. The second-order valence-electron chi connectivity index (χ2n) is 4.01. The van der Waals surface area contributed by atoms with Crippen LogP contribution in [-0.2, 0) is 19.6 Å². The second kappa shape index (κ2) is 5.90. The van der Waals surface area contributed by atoms with Crippen LogP contribution in [0.3, 0.4) is 0 Å². The number of rotatable bonds is 6. The first-order chi connectivity index (χ1) is 8.28. The van der Waals surface area contributed by atoms with E-state index in [-0.39, 0.29) is 0 Å². The van der Waals surface area contributed by atoms with Gasteiger partial charge in [-0.3, -0.25) is 9.58 Å². The van der Waals surface area contributed by atoms with Crippen molar-refractivity contribution in [1.82, 2.24) is 19.9 Å². The molecule has 17 heavy (non-hydrogen) atoms. The predicted molar refractivity (Wildman–Crippen MR) is 68.6 cm³/mol. The van der Waals surface area contributed by atoms with Crippen LogP contribution in [0.1, 0.15) is 10.6 Å². The Labute approximate surface area is 105 Å². The first-order valence-electron chi connectivity index (χ1n) is 5.58. The highest BCUT2D eigenvalue weighted by molar-refractivity contribution is 7.09. The summed E-state index contributed by atoms with van der Waals surface area (Å²) < 4.78 is 1.79. The van der Waals surface area contributed by atoms with E-state index in [2.05, 4.69) is 39.8 Å². The van der Waals surface area contributed by atoms with E-state index in [0.717, 1.165) is 25.3 Å². The largest absolute Gasteiger partial charge is 0.329 e. The number of nitrogens with two attached hydrogens (primary N) is 1. The van der Waals surface area contributed by atoms with Gasteiger partial charge in [0.05, 0.1) is 12.2 Å². The molecule has 0 atom stereocenters. The molecule has 2 rings (SSSR count). The molecule has 0 radical (unpaired) electrons. The first kappa shape index (κ1) is 12.2. The predicted octanol–water partition coefficient (Wildman–Crippen LogP) is 0.930. The zero-order chi connectivity index (χ0) is 12.1. The van der Waals surface area contributed by atoms with Gasteiger partial charge in [0.2, 0.25) is 0 Å². The maximum Gasteiger partial charge on any atom is 0.0967 e. The van der Waals surface area contributed by atoms with E-state index in [1.807, 2.05) is 6.20 Å². The zero-order valence-electron chi connectivity index (χ0n) is 9.91. The summed E-state index contributed by atoms with van der Waals surface area (Å²) in [6, 6.07) is 4.22. The van der Waals surface area contributed by atoms with Crippen LogP contribution in [0.25, 0.3) is 0 Å². The van der Waals surface area contributed by atoms with E-state index in [4.69, 9.17) is 5.73 Å². The lowest BCUT2D eigenvalue weighted by molar-refractivity contribution is 0.318. The van der Waals surface area contributed by atoms with E-state index in [9.17, 15) is 0 Å². The van der Waals surface area contributed by atoms with Crippen LogP contribution in [0.4, 0.5) is 0 Å². The van der Waals surface area contributed by atoms with Gasteiger partial charge in [0.1, 0.15) is 0 Å². The number of hydrogen-bond donors (Lipinski definition) is 1. The third-order valence-corrected chi connectivity index (χ3v) is 3.24. The zero-order valence-corrected chi connectivity index (χ0v) is 10.7. The van der Waals surface area contributed by atoms with Gasteiger partial charge in [-0.15, -0.1) is 16.4 Å². The Balaban J connectivity index is 1.86. The molecule has 0 aliphatic heterocycles. The van der Waals surface area contributed by atoms with Crippen LogP contribution in [0.5, 0.6) is 0 Å². The molecule has 6 heteroatoms. The minimum absolute atomic E-state index is 0.591. The molecule has 0 saturated heterocycles. The Bertz CT molecular complexity index is 436. The smallest absolute Gasteiger partial charge is 0.0967 e. The minimum atomic E-state index is 0.591. The molecule has 0 spiro atoms. The van der Waals surface area contributed by atoms with Crippen LogP contribution in [0, 0.1) is 0 Å². The molecule has 2 aromatic heterocycles. The third kappa shape index (κ3) is 3.62. The summed E-state index contributed by atoms with van der Waals surface area (Å²) in [4.78, 5) is 3.59. The summed E-state index contributed by atoms with van der Waals surface area (Å²) in [6.07, 6.45) is 1.96. The van der Waals surface area contributed by atoms with Crippen molar-refractivity contribution in [3.63, 3.8) is 0 Å². The van der Waals surface area contributed by atoms with Gasteiger partial charge in [-0.05, 0) is 18.5 Å². The molecule has 0 aliphatic carbocycles. The van der Waals surface area contributed by atoms with Crippen LogP contribution < -0.4 is 5.73 Å². The molecule has 0 aliphatic rings. The molecule has 0 saturated carbocycles. The topological polar surface area (TPSA) is 60.0 Å². The van der Waals surface area contributed by atoms with Gasteiger partial charge < -0.3 is 5.73 Å². The Morgan fingerprint density at radius 1 is 1.47 bits per heavy atom. The molecule has 0 aromatic carbocycles. The van der Waals surface area contributed by atoms with Gasteiger partial charge >= 0.3 is 0 Å². The van der Waals surface area contributed by atoms with E-state index >= 15 is 0 Å². The lowest BCUT2D eigenvalue weighted by Gasteiger charge is -2.13. The quantitative estimate of drug-likeness (QED) is 0.829. The summed E-state index contributed by atoms with van der Waals surface area (Å²) in [5.41, 5.74) is 6.45. The molecule has 5 nitrogen and oxygen atoms in total. The number of hydrogen-bond acceptors (Lipinski definition) is 5. The maximum absolute atomic E-state index is 5.46. The Morgan fingerprint density at radius 3 is 3.06 bits per heavy atom. The Hall–Kier alpha value is -1.24. The SMILES string of the molecule is CN(Cc1cn(CCN)nn1)Cc1cccs1. The molecule has 0 amide bonds. The van der Waals surface area contributed by atoms with Crippen LogP contribution in [-0.4, -0.2) is 33.5 Å². The van der Waals surface area contributed by atoms with Gasteiger partial charge in [-0.25, -0.2) is 0 Å². The summed E-state index contributed by atoms with van der Waals surface area (Å²) in [5.74, 6) is 0. The lowest BCUT2D eigenvalue weighted by atomic mass is 10.4. The van der Waals surface area contributed by atoms with Crippen molar-refractivity contribution in [3.8, 4) is 0 Å². The minimum Gasteiger partial charge on any atom is -0.329 e. The average Bonchev–Trinajstić information content (AvgIpc) is 2.91. The van der Waals surface area contributed by atoms with Gasteiger partial charge in [0, 0.05) is 30.7 Å². The number of aromatic nitrogens is 3. The van der Waals surface area contributed by atoms with Crippen LogP contribution in [0.2, 0.25) is 0 Å². The molecule has 92 valence electrons. The van der Waals surface area contributed by atoms with Crippen molar-refractivity contribution >= 4 is 11.3 Å². The highest BCUT2D eigenvalue weighted by Gasteiger charge is 2.05. The first-order valence-corrected chi connectivity index (χ1v) is 6.46. The normalized spacial score (nSPS) is 11.2. The summed E-state index contributed by atoms with van der Waals surface area (Å²) in [5, 5.41) is 10.2. The maximum atomic E-state index is 5.46. The van der Waals surface area contributed by atoms with Crippen molar-refractivity contribution in [3.05, 3.63) is 34.3 Å². The Kier molecular flexibility index (Phi) is 4.24. The van der Waals surface area contributed by atoms with Gasteiger partial charge in [0.15, 0.2) is 0 Å². The van der Waals surface area contributed by atoms with Crippen molar-refractivity contribution in [2.24, 2.45) is 5.73 Å². The average molecular weight is 251 g/mol. The molecule has 0 unspecified atom stereocenters. The van der Waals surface area contributed by atoms with Gasteiger partial charge in [0.25, 0.3) is 0 Å². The van der Waals surface area contributed by atoms with Crippen molar-refractivity contribution < 1.29 is 0 Å². The fourth-order valence-corrected chi connectivity index (χ4v) is 2.44. The summed E-state index contributed by atoms with van der Waals surface area (Å²) in [6.45, 7) is 3.07.